The van der Waals surface area contributed by atoms with Gasteiger partial charge >= 0.3 is 0 Å². The Morgan fingerprint density at radius 2 is 1.83 bits per heavy atom. The standard InChI is InChI=1S/C14H10F3N/c15-9-4-5-10(12(17)7-9)13-6-8-2-1-3-11(16)14(8)18-13/h1-5,7,13,18H,6H2. The van der Waals surface area contributed by atoms with Gasteiger partial charge in [0.2, 0.25) is 0 Å². The molecule has 0 radical (unpaired) electrons. The fraction of sp³-hybridized carbons (Fsp3) is 0.143. The van der Waals surface area contributed by atoms with Gasteiger partial charge in [0.25, 0.3) is 0 Å². The lowest BCUT2D eigenvalue weighted by atomic mass is 10.0. The average molecular weight is 249 g/mol. The van der Waals surface area contributed by atoms with Crippen LogP contribution in [0.5, 0.6) is 0 Å². The maximum absolute atomic E-state index is 13.7. The minimum atomic E-state index is -0.613. The number of rotatable bonds is 1. The van der Waals surface area contributed by atoms with E-state index >= 15 is 0 Å². The molecule has 1 heterocycles. The number of fused-ring (bicyclic) bond motifs is 1. The average Bonchev–Trinajstić information content (AvgIpc) is 2.74. The van der Waals surface area contributed by atoms with E-state index in [4.69, 9.17) is 0 Å². The van der Waals surface area contributed by atoms with Gasteiger partial charge in [0, 0.05) is 11.6 Å². The van der Waals surface area contributed by atoms with Crippen molar-refractivity contribution in [3.8, 4) is 0 Å². The molecule has 1 atom stereocenters. The Labute approximate surface area is 102 Å². The summed E-state index contributed by atoms with van der Waals surface area (Å²) < 4.78 is 40.0. The van der Waals surface area contributed by atoms with Crippen molar-refractivity contribution in [3.05, 3.63) is 65.0 Å². The Bertz CT molecular complexity index is 610. The lowest BCUT2D eigenvalue weighted by molar-refractivity contribution is 0.563. The maximum Gasteiger partial charge on any atom is 0.146 e. The van der Waals surface area contributed by atoms with Crippen LogP contribution in [-0.2, 0) is 6.42 Å². The SMILES string of the molecule is Fc1ccc(C2Cc3cccc(F)c3N2)c(F)c1. The van der Waals surface area contributed by atoms with Gasteiger partial charge < -0.3 is 5.32 Å². The Kier molecular flexibility index (Phi) is 2.51. The van der Waals surface area contributed by atoms with Crippen molar-refractivity contribution in [2.75, 3.05) is 5.32 Å². The Hall–Kier alpha value is -1.97. The molecule has 0 saturated carbocycles. The predicted octanol–water partition coefficient (Wildman–Crippen LogP) is 3.81. The normalized spacial score (nSPS) is 17.4. The summed E-state index contributed by atoms with van der Waals surface area (Å²) in [5.41, 5.74) is 1.57. The Balaban J connectivity index is 1.96. The van der Waals surface area contributed by atoms with E-state index in [2.05, 4.69) is 5.32 Å². The van der Waals surface area contributed by atoms with E-state index in [1.165, 1.54) is 18.2 Å². The summed E-state index contributed by atoms with van der Waals surface area (Å²) in [7, 11) is 0. The van der Waals surface area contributed by atoms with Crippen molar-refractivity contribution in [2.45, 2.75) is 12.5 Å². The number of anilines is 1. The summed E-state index contributed by atoms with van der Waals surface area (Å²) in [4.78, 5) is 0. The highest BCUT2D eigenvalue weighted by Crippen LogP contribution is 2.36. The first kappa shape index (κ1) is 11.1. The first-order valence-electron chi connectivity index (χ1n) is 5.64. The Morgan fingerprint density at radius 1 is 1.00 bits per heavy atom. The van der Waals surface area contributed by atoms with Gasteiger partial charge in [-0.3, -0.25) is 0 Å². The van der Waals surface area contributed by atoms with Crippen molar-refractivity contribution in [1.82, 2.24) is 0 Å². The molecule has 0 fully saturated rings. The molecule has 0 saturated heterocycles. The first-order chi connectivity index (χ1) is 8.65. The zero-order chi connectivity index (χ0) is 12.7. The quantitative estimate of drug-likeness (QED) is 0.810. The third kappa shape index (κ3) is 1.74. The van der Waals surface area contributed by atoms with Crippen LogP contribution in [0.25, 0.3) is 0 Å². The number of benzene rings is 2. The van der Waals surface area contributed by atoms with Gasteiger partial charge in [0.15, 0.2) is 0 Å². The highest BCUT2D eigenvalue weighted by Gasteiger charge is 2.26. The minimum Gasteiger partial charge on any atom is -0.375 e. The number of hydrogen-bond donors (Lipinski definition) is 1. The van der Waals surface area contributed by atoms with Gasteiger partial charge in [-0.05, 0) is 24.1 Å². The maximum atomic E-state index is 13.7. The highest BCUT2D eigenvalue weighted by molar-refractivity contribution is 5.59. The van der Waals surface area contributed by atoms with Crippen LogP contribution >= 0.6 is 0 Å². The summed E-state index contributed by atoms with van der Waals surface area (Å²) in [6, 6.07) is 7.88. The fourth-order valence-electron chi connectivity index (χ4n) is 2.32. The number of nitrogens with one attached hydrogen (secondary N) is 1. The van der Waals surface area contributed by atoms with E-state index in [-0.39, 0.29) is 11.9 Å². The van der Waals surface area contributed by atoms with Crippen molar-refractivity contribution in [1.29, 1.82) is 0 Å². The summed E-state index contributed by atoms with van der Waals surface area (Å²) in [6.45, 7) is 0. The molecule has 92 valence electrons. The third-order valence-corrected chi connectivity index (χ3v) is 3.18. The van der Waals surface area contributed by atoms with Crippen LogP contribution < -0.4 is 5.32 Å². The summed E-state index contributed by atoms with van der Waals surface area (Å²) >= 11 is 0. The smallest absolute Gasteiger partial charge is 0.146 e. The molecule has 0 bridgehead atoms. The zero-order valence-corrected chi connectivity index (χ0v) is 9.38. The molecule has 0 amide bonds. The predicted molar refractivity (Wildman–Crippen MR) is 62.8 cm³/mol. The van der Waals surface area contributed by atoms with Crippen LogP contribution in [0.2, 0.25) is 0 Å². The van der Waals surface area contributed by atoms with Crippen molar-refractivity contribution in [3.63, 3.8) is 0 Å². The molecule has 1 unspecified atom stereocenters. The van der Waals surface area contributed by atoms with Crippen molar-refractivity contribution < 1.29 is 13.2 Å². The molecule has 2 aromatic rings. The molecule has 3 rings (SSSR count). The minimum absolute atomic E-state index is 0.350. The van der Waals surface area contributed by atoms with E-state index < -0.39 is 11.6 Å². The number of para-hydroxylation sites is 1. The van der Waals surface area contributed by atoms with E-state index in [1.807, 2.05) is 0 Å². The fourth-order valence-corrected chi connectivity index (χ4v) is 2.32. The van der Waals surface area contributed by atoms with Crippen LogP contribution in [0.4, 0.5) is 18.9 Å². The molecule has 1 aliphatic rings. The molecule has 0 spiro atoms. The molecule has 18 heavy (non-hydrogen) atoms. The lowest BCUT2D eigenvalue weighted by Crippen LogP contribution is -2.08. The van der Waals surface area contributed by atoms with Crippen LogP contribution in [0, 0.1) is 17.5 Å². The van der Waals surface area contributed by atoms with E-state index in [0.29, 0.717) is 17.7 Å². The van der Waals surface area contributed by atoms with Gasteiger partial charge in [0.05, 0.1) is 11.7 Å². The molecule has 1 nitrogen and oxygen atoms in total. The molecule has 1 aliphatic heterocycles. The van der Waals surface area contributed by atoms with Crippen LogP contribution in [0.15, 0.2) is 36.4 Å². The Morgan fingerprint density at radius 3 is 2.56 bits per heavy atom. The second-order valence-corrected chi connectivity index (χ2v) is 4.34. The van der Waals surface area contributed by atoms with Gasteiger partial charge in [-0.15, -0.1) is 0 Å². The van der Waals surface area contributed by atoms with Crippen molar-refractivity contribution in [2.24, 2.45) is 0 Å². The molecule has 2 aromatic carbocycles. The monoisotopic (exact) mass is 249 g/mol. The molecule has 0 aromatic heterocycles. The van der Waals surface area contributed by atoms with E-state index in [1.54, 1.807) is 12.1 Å². The number of halogens is 3. The first-order valence-corrected chi connectivity index (χ1v) is 5.64. The van der Waals surface area contributed by atoms with E-state index in [9.17, 15) is 13.2 Å². The van der Waals surface area contributed by atoms with Crippen LogP contribution in [-0.4, -0.2) is 0 Å². The largest absolute Gasteiger partial charge is 0.375 e. The zero-order valence-electron chi connectivity index (χ0n) is 9.38. The van der Waals surface area contributed by atoms with E-state index in [0.717, 1.165) is 11.6 Å². The van der Waals surface area contributed by atoms with Crippen LogP contribution in [0.1, 0.15) is 17.2 Å². The molecule has 1 N–H and O–H groups in total. The van der Waals surface area contributed by atoms with Gasteiger partial charge in [-0.25, -0.2) is 13.2 Å². The molecular formula is C14H10F3N. The lowest BCUT2D eigenvalue weighted by Gasteiger charge is -2.12. The number of hydrogen-bond acceptors (Lipinski definition) is 1. The summed E-state index contributed by atoms with van der Waals surface area (Å²) in [5, 5.41) is 2.94. The van der Waals surface area contributed by atoms with Crippen LogP contribution in [0.3, 0.4) is 0 Å². The van der Waals surface area contributed by atoms with Gasteiger partial charge in [0.1, 0.15) is 17.5 Å². The van der Waals surface area contributed by atoms with Gasteiger partial charge in [-0.1, -0.05) is 18.2 Å². The third-order valence-electron chi connectivity index (χ3n) is 3.18. The summed E-state index contributed by atoms with van der Waals surface area (Å²) in [6.07, 6.45) is 0.496. The van der Waals surface area contributed by atoms with Crippen molar-refractivity contribution >= 4 is 5.69 Å². The summed E-state index contributed by atoms with van der Waals surface area (Å²) in [5.74, 6) is -1.57. The highest BCUT2D eigenvalue weighted by atomic mass is 19.1. The second kappa shape index (κ2) is 4.05. The molecule has 4 heteroatoms. The topological polar surface area (TPSA) is 12.0 Å². The molecular weight excluding hydrogens is 239 g/mol. The van der Waals surface area contributed by atoms with Gasteiger partial charge in [-0.2, -0.15) is 0 Å². The molecule has 0 aliphatic carbocycles. The second-order valence-electron chi connectivity index (χ2n) is 4.34.